The summed E-state index contributed by atoms with van der Waals surface area (Å²) in [5.41, 5.74) is 1.73. The van der Waals surface area contributed by atoms with Crippen molar-refractivity contribution in [1.29, 1.82) is 5.26 Å². The number of nitrogens with one attached hydrogen (secondary N) is 1. The fraction of sp³-hybridized carbons (Fsp3) is 0.385. The van der Waals surface area contributed by atoms with E-state index in [0.717, 1.165) is 31.2 Å². The zero-order valence-electron chi connectivity index (χ0n) is 20.3. The Hall–Kier alpha value is -2.80. The molecule has 36 heavy (non-hydrogen) atoms. The molecule has 0 saturated heterocycles. The predicted molar refractivity (Wildman–Crippen MR) is 145 cm³/mol. The molecule has 2 heterocycles. The Morgan fingerprint density at radius 3 is 3.00 bits per heavy atom. The molecule has 2 atom stereocenters. The number of rotatable bonds is 10. The highest BCUT2D eigenvalue weighted by molar-refractivity contribution is 7.99. The summed E-state index contributed by atoms with van der Waals surface area (Å²) in [6.45, 7) is 8.38. The molecular formula is C26H28ClN5O2S2. The monoisotopic (exact) mass is 541 g/mol. The van der Waals surface area contributed by atoms with E-state index in [0.29, 0.717) is 44.8 Å². The summed E-state index contributed by atoms with van der Waals surface area (Å²) in [4.78, 5) is 14.1. The lowest BCUT2D eigenvalue weighted by Crippen LogP contribution is -2.15. The Morgan fingerprint density at radius 1 is 1.47 bits per heavy atom. The molecule has 0 bridgehead atoms. The lowest BCUT2D eigenvalue weighted by Gasteiger charge is -2.20. The van der Waals surface area contributed by atoms with Gasteiger partial charge in [0.1, 0.15) is 16.8 Å². The number of thiophene rings is 1. The third-order valence-electron chi connectivity index (χ3n) is 6.20. The Bertz CT molecular complexity index is 1300. The van der Waals surface area contributed by atoms with Gasteiger partial charge in [0.2, 0.25) is 5.91 Å². The molecular weight excluding hydrogens is 514 g/mol. The number of hydrogen-bond donors (Lipinski definition) is 1. The summed E-state index contributed by atoms with van der Waals surface area (Å²) >= 11 is 9.05. The molecule has 1 aliphatic rings. The molecule has 2 aromatic heterocycles. The van der Waals surface area contributed by atoms with E-state index >= 15 is 0 Å². The van der Waals surface area contributed by atoms with Crippen molar-refractivity contribution in [3.8, 4) is 11.8 Å². The van der Waals surface area contributed by atoms with Crippen LogP contribution in [0.15, 0.2) is 42.1 Å². The van der Waals surface area contributed by atoms with Gasteiger partial charge in [-0.05, 0) is 49.8 Å². The Kier molecular flexibility index (Phi) is 8.72. The lowest BCUT2D eigenvalue weighted by atomic mass is 9.86. The van der Waals surface area contributed by atoms with Crippen LogP contribution in [-0.4, -0.2) is 26.4 Å². The van der Waals surface area contributed by atoms with Crippen LogP contribution in [0, 0.1) is 17.2 Å². The van der Waals surface area contributed by atoms with Gasteiger partial charge in [-0.15, -0.1) is 28.1 Å². The van der Waals surface area contributed by atoms with E-state index in [2.05, 4.69) is 35.1 Å². The molecule has 1 N–H and O–H groups in total. The SMILES string of the molecule is C=CCn1c(SCC(=O)Nc2sc3c(c2C#N)CCC(CC)C3)nnc1C(C)Oc1ccccc1Cl. The number of carbonyl (C=O) groups excluding carboxylic acids is 1. The number of carbonyl (C=O) groups is 1. The smallest absolute Gasteiger partial charge is 0.235 e. The van der Waals surface area contributed by atoms with Crippen LogP contribution in [0.2, 0.25) is 5.02 Å². The van der Waals surface area contributed by atoms with Gasteiger partial charge in [-0.2, -0.15) is 5.26 Å². The second kappa shape index (κ2) is 12.0. The van der Waals surface area contributed by atoms with Crippen LogP contribution in [0.25, 0.3) is 0 Å². The fourth-order valence-electron chi connectivity index (χ4n) is 4.29. The van der Waals surface area contributed by atoms with Crippen LogP contribution in [0.1, 0.15) is 54.6 Å². The van der Waals surface area contributed by atoms with E-state index in [-0.39, 0.29) is 11.7 Å². The summed E-state index contributed by atoms with van der Waals surface area (Å²) < 4.78 is 7.89. The number of ether oxygens (including phenoxy) is 1. The van der Waals surface area contributed by atoms with Gasteiger partial charge in [-0.25, -0.2) is 0 Å². The highest BCUT2D eigenvalue weighted by Gasteiger charge is 2.26. The molecule has 0 spiro atoms. The van der Waals surface area contributed by atoms with E-state index < -0.39 is 6.10 Å². The first-order valence-electron chi connectivity index (χ1n) is 11.9. The number of aromatic nitrogens is 3. The standard InChI is InChI=1S/C26H28ClN5O2S2/c1-4-12-32-24(16(3)34-21-9-7-6-8-20(21)27)30-31-26(32)35-15-23(33)29-25-19(14-28)18-11-10-17(5-2)13-22(18)36-25/h4,6-9,16-17H,1,5,10-13,15H2,2-3H3,(H,29,33). The van der Waals surface area contributed by atoms with Crippen molar-refractivity contribution >= 4 is 45.6 Å². The molecule has 7 nitrogen and oxygen atoms in total. The third-order valence-corrected chi connectivity index (χ3v) is 8.65. The largest absolute Gasteiger partial charge is 0.481 e. The minimum atomic E-state index is -0.414. The van der Waals surface area contributed by atoms with Gasteiger partial charge in [0, 0.05) is 11.4 Å². The van der Waals surface area contributed by atoms with Crippen LogP contribution in [0.5, 0.6) is 5.75 Å². The fourth-order valence-corrected chi connectivity index (χ4v) is 6.56. The summed E-state index contributed by atoms with van der Waals surface area (Å²) in [6, 6.07) is 9.57. The second-order valence-corrected chi connectivity index (χ2v) is 11.1. The Morgan fingerprint density at radius 2 is 2.28 bits per heavy atom. The molecule has 4 rings (SSSR count). The molecule has 0 saturated carbocycles. The lowest BCUT2D eigenvalue weighted by molar-refractivity contribution is -0.113. The quantitative estimate of drug-likeness (QED) is 0.234. The molecule has 0 aliphatic heterocycles. The van der Waals surface area contributed by atoms with E-state index in [1.165, 1.54) is 28.0 Å². The van der Waals surface area contributed by atoms with Crippen molar-refractivity contribution in [3.05, 3.63) is 63.8 Å². The van der Waals surface area contributed by atoms with Crippen molar-refractivity contribution in [2.45, 2.75) is 57.3 Å². The number of nitrogens with zero attached hydrogens (tertiary/aromatic N) is 4. The van der Waals surface area contributed by atoms with Gasteiger partial charge in [0.15, 0.2) is 17.1 Å². The van der Waals surface area contributed by atoms with E-state index in [9.17, 15) is 10.1 Å². The topological polar surface area (TPSA) is 92.8 Å². The maximum atomic E-state index is 12.8. The second-order valence-electron chi connectivity index (χ2n) is 8.60. The minimum absolute atomic E-state index is 0.139. The van der Waals surface area contributed by atoms with Crippen molar-refractivity contribution in [1.82, 2.24) is 14.8 Å². The molecule has 188 valence electrons. The number of hydrogen-bond acceptors (Lipinski definition) is 7. The predicted octanol–water partition coefficient (Wildman–Crippen LogP) is 6.44. The van der Waals surface area contributed by atoms with E-state index in [1.807, 2.05) is 23.6 Å². The first-order valence-corrected chi connectivity index (χ1v) is 14.1. The van der Waals surface area contributed by atoms with E-state index in [1.54, 1.807) is 18.2 Å². The van der Waals surface area contributed by atoms with Gasteiger partial charge >= 0.3 is 0 Å². The zero-order valence-corrected chi connectivity index (χ0v) is 22.7. The van der Waals surface area contributed by atoms with Crippen LogP contribution in [0.4, 0.5) is 5.00 Å². The maximum absolute atomic E-state index is 12.8. The number of anilines is 1. The number of nitriles is 1. The molecule has 0 fully saturated rings. The van der Waals surface area contributed by atoms with Crippen molar-refractivity contribution in [2.24, 2.45) is 5.92 Å². The number of fused-ring (bicyclic) bond motifs is 1. The van der Waals surface area contributed by atoms with Gasteiger partial charge in [0.25, 0.3) is 0 Å². The number of amides is 1. The van der Waals surface area contributed by atoms with Gasteiger partial charge < -0.3 is 10.1 Å². The molecule has 2 unspecified atom stereocenters. The van der Waals surface area contributed by atoms with Crippen molar-refractivity contribution in [2.75, 3.05) is 11.1 Å². The Balaban J connectivity index is 1.43. The average Bonchev–Trinajstić information content (AvgIpc) is 3.44. The molecule has 1 amide bonds. The Labute approximate surface area is 224 Å². The first-order chi connectivity index (χ1) is 17.4. The van der Waals surface area contributed by atoms with Crippen LogP contribution in [-0.2, 0) is 24.2 Å². The van der Waals surface area contributed by atoms with Crippen molar-refractivity contribution in [3.63, 3.8) is 0 Å². The molecule has 0 radical (unpaired) electrons. The highest BCUT2D eigenvalue weighted by Crippen LogP contribution is 2.40. The number of thioether (sulfide) groups is 1. The number of para-hydroxylation sites is 1. The number of halogens is 1. The summed E-state index contributed by atoms with van der Waals surface area (Å²) in [5, 5.41) is 23.0. The average molecular weight is 542 g/mol. The molecule has 1 aliphatic carbocycles. The van der Waals surface area contributed by atoms with Crippen LogP contribution < -0.4 is 10.1 Å². The number of benzene rings is 1. The zero-order chi connectivity index (χ0) is 25.7. The first kappa shape index (κ1) is 26.3. The summed E-state index contributed by atoms with van der Waals surface area (Å²) in [7, 11) is 0. The van der Waals surface area contributed by atoms with Crippen molar-refractivity contribution < 1.29 is 9.53 Å². The maximum Gasteiger partial charge on any atom is 0.235 e. The van der Waals surface area contributed by atoms with Gasteiger partial charge in [-0.1, -0.05) is 54.9 Å². The molecule has 10 heteroatoms. The molecule has 1 aromatic carbocycles. The van der Waals surface area contributed by atoms with Gasteiger partial charge in [-0.3, -0.25) is 9.36 Å². The van der Waals surface area contributed by atoms with Crippen LogP contribution >= 0.6 is 34.7 Å². The summed E-state index contributed by atoms with van der Waals surface area (Å²) in [6.07, 6.45) is 5.45. The third kappa shape index (κ3) is 5.77. The minimum Gasteiger partial charge on any atom is -0.481 e. The van der Waals surface area contributed by atoms with E-state index in [4.69, 9.17) is 16.3 Å². The van der Waals surface area contributed by atoms with Crippen LogP contribution in [0.3, 0.4) is 0 Å². The molecule has 3 aromatic rings. The highest BCUT2D eigenvalue weighted by atomic mass is 35.5. The van der Waals surface area contributed by atoms with Gasteiger partial charge in [0.05, 0.1) is 16.3 Å². The normalized spacial score (nSPS) is 15.6. The summed E-state index contributed by atoms with van der Waals surface area (Å²) in [5.74, 6) is 1.78. The number of allylic oxidation sites excluding steroid dienone is 1.